The van der Waals surface area contributed by atoms with E-state index in [-0.39, 0.29) is 0 Å². The summed E-state index contributed by atoms with van der Waals surface area (Å²) < 4.78 is 34.4. The molecule has 0 aromatic heterocycles. The molecule has 2 N–H and O–H groups in total. The SMILES string of the molecule is COc1ccc(OC(C)C(=O)NCC(O)C(F)F)cc1. The molecule has 1 rings (SSSR count). The molecular formula is C13H17F2NO4. The van der Waals surface area contributed by atoms with Crippen LogP contribution in [0.2, 0.25) is 0 Å². The number of halogens is 2. The first-order valence-corrected chi connectivity index (χ1v) is 5.98. The molecule has 2 unspecified atom stereocenters. The Morgan fingerprint density at radius 2 is 1.85 bits per heavy atom. The Labute approximate surface area is 115 Å². The first-order valence-electron chi connectivity index (χ1n) is 5.98. The number of carbonyl (C=O) groups is 1. The van der Waals surface area contributed by atoms with E-state index in [1.54, 1.807) is 24.3 Å². The second-order valence-electron chi connectivity index (χ2n) is 4.08. The van der Waals surface area contributed by atoms with Crippen LogP contribution in [0, 0.1) is 0 Å². The van der Waals surface area contributed by atoms with Crippen LogP contribution in [-0.4, -0.2) is 43.3 Å². The molecule has 0 radical (unpaired) electrons. The highest BCUT2D eigenvalue weighted by atomic mass is 19.3. The van der Waals surface area contributed by atoms with Gasteiger partial charge in [0.25, 0.3) is 12.3 Å². The van der Waals surface area contributed by atoms with Gasteiger partial charge in [0.05, 0.1) is 7.11 Å². The van der Waals surface area contributed by atoms with Crippen molar-refractivity contribution in [3.8, 4) is 11.5 Å². The Hall–Kier alpha value is -1.89. The van der Waals surface area contributed by atoms with E-state index >= 15 is 0 Å². The monoisotopic (exact) mass is 289 g/mol. The van der Waals surface area contributed by atoms with Crippen molar-refractivity contribution in [3.63, 3.8) is 0 Å². The van der Waals surface area contributed by atoms with Gasteiger partial charge in [0.15, 0.2) is 6.10 Å². The lowest BCUT2D eigenvalue weighted by Gasteiger charge is -2.16. The Balaban J connectivity index is 2.44. The molecular weight excluding hydrogens is 272 g/mol. The average Bonchev–Trinajstić information content (AvgIpc) is 2.44. The first-order chi connectivity index (χ1) is 9.43. The number of methoxy groups -OCH3 is 1. The molecule has 1 aromatic carbocycles. The van der Waals surface area contributed by atoms with Crippen LogP contribution < -0.4 is 14.8 Å². The van der Waals surface area contributed by atoms with Gasteiger partial charge in [-0.2, -0.15) is 0 Å². The third-order valence-electron chi connectivity index (χ3n) is 2.52. The Morgan fingerprint density at radius 1 is 1.30 bits per heavy atom. The summed E-state index contributed by atoms with van der Waals surface area (Å²) in [5, 5.41) is 11.1. The van der Waals surface area contributed by atoms with Gasteiger partial charge in [-0.05, 0) is 31.2 Å². The predicted molar refractivity (Wildman–Crippen MR) is 68.1 cm³/mol. The van der Waals surface area contributed by atoms with Gasteiger partial charge in [-0.3, -0.25) is 4.79 Å². The molecule has 7 heteroatoms. The van der Waals surface area contributed by atoms with Crippen molar-refractivity contribution >= 4 is 5.91 Å². The van der Waals surface area contributed by atoms with E-state index in [9.17, 15) is 13.6 Å². The van der Waals surface area contributed by atoms with Crippen molar-refractivity contribution in [1.82, 2.24) is 5.32 Å². The molecule has 0 aliphatic heterocycles. The average molecular weight is 289 g/mol. The normalized spacial score (nSPS) is 13.7. The number of aliphatic hydroxyl groups is 1. The van der Waals surface area contributed by atoms with E-state index in [0.717, 1.165) is 0 Å². The number of hydrogen-bond donors (Lipinski definition) is 2. The Bertz CT molecular complexity index is 425. The van der Waals surface area contributed by atoms with Crippen molar-refractivity contribution in [2.24, 2.45) is 0 Å². The van der Waals surface area contributed by atoms with Gasteiger partial charge < -0.3 is 19.9 Å². The van der Waals surface area contributed by atoms with Crippen LogP contribution in [0.4, 0.5) is 8.78 Å². The summed E-state index contributed by atoms with van der Waals surface area (Å²) in [7, 11) is 1.53. The standard InChI is InChI=1S/C13H17F2NO4/c1-8(13(18)16-7-11(17)12(14)15)20-10-5-3-9(19-2)4-6-10/h3-6,8,11-12,17H,7H2,1-2H3,(H,16,18). The molecule has 0 bridgehead atoms. The fraction of sp³-hybridized carbons (Fsp3) is 0.462. The van der Waals surface area contributed by atoms with Crippen molar-refractivity contribution < 1.29 is 28.2 Å². The molecule has 0 fully saturated rings. The molecule has 5 nitrogen and oxygen atoms in total. The van der Waals surface area contributed by atoms with E-state index in [0.29, 0.717) is 11.5 Å². The molecule has 0 heterocycles. The molecule has 0 aliphatic rings. The highest BCUT2D eigenvalue weighted by molar-refractivity contribution is 5.80. The van der Waals surface area contributed by atoms with Gasteiger partial charge in [0.2, 0.25) is 0 Å². The van der Waals surface area contributed by atoms with Crippen LogP contribution in [0.25, 0.3) is 0 Å². The van der Waals surface area contributed by atoms with E-state index in [1.807, 2.05) is 0 Å². The smallest absolute Gasteiger partial charge is 0.265 e. The number of hydrogen-bond acceptors (Lipinski definition) is 4. The van der Waals surface area contributed by atoms with Gasteiger partial charge >= 0.3 is 0 Å². The maximum absolute atomic E-state index is 12.1. The summed E-state index contributed by atoms with van der Waals surface area (Å²) in [5.41, 5.74) is 0. The highest BCUT2D eigenvalue weighted by Crippen LogP contribution is 2.18. The fourth-order valence-corrected chi connectivity index (χ4v) is 1.35. The van der Waals surface area contributed by atoms with Crippen LogP contribution in [-0.2, 0) is 4.79 Å². The summed E-state index contributed by atoms with van der Waals surface area (Å²) in [4.78, 5) is 11.6. The Kier molecular flexibility index (Phi) is 6.17. The minimum Gasteiger partial charge on any atom is -0.497 e. The molecule has 0 saturated carbocycles. The maximum atomic E-state index is 12.1. The molecule has 0 saturated heterocycles. The lowest BCUT2D eigenvalue weighted by Crippen LogP contribution is -2.42. The number of amides is 1. The van der Waals surface area contributed by atoms with Crippen molar-refractivity contribution in [2.45, 2.75) is 25.6 Å². The van der Waals surface area contributed by atoms with Gasteiger partial charge in [-0.25, -0.2) is 8.78 Å². The lowest BCUT2D eigenvalue weighted by atomic mass is 10.3. The van der Waals surface area contributed by atoms with Gasteiger partial charge in [-0.1, -0.05) is 0 Å². The number of rotatable bonds is 7. The molecule has 20 heavy (non-hydrogen) atoms. The fourth-order valence-electron chi connectivity index (χ4n) is 1.35. The van der Waals surface area contributed by atoms with Crippen molar-refractivity contribution in [3.05, 3.63) is 24.3 Å². The zero-order chi connectivity index (χ0) is 15.1. The number of benzene rings is 1. The van der Waals surface area contributed by atoms with Crippen LogP contribution in [0.3, 0.4) is 0 Å². The molecule has 1 aromatic rings. The molecule has 0 aliphatic carbocycles. The number of alkyl halides is 2. The summed E-state index contributed by atoms with van der Waals surface area (Å²) in [5.74, 6) is 0.512. The second kappa shape index (κ2) is 7.64. The summed E-state index contributed by atoms with van der Waals surface area (Å²) in [6, 6.07) is 6.58. The van der Waals surface area contributed by atoms with Gasteiger partial charge in [0, 0.05) is 6.54 Å². The third-order valence-corrected chi connectivity index (χ3v) is 2.52. The predicted octanol–water partition coefficient (Wildman–Crippen LogP) is 1.20. The van der Waals surface area contributed by atoms with Crippen LogP contribution in [0.5, 0.6) is 11.5 Å². The van der Waals surface area contributed by atoms with Crippen LogP contribution in [0.1, 0.15) is 6.92 Å². The Morgan fingerprint density at radius 3 is 2.35 bits per heavy atom. The van der Waals surface area contributed by atoms with Gasteiger partial charge in [-0.15, -0.1) is 0 Å². The van der Waals surface area contributed by atoms with Crippen LogP contribution >= 0.6 is 0 Å². The van der Waals surface area contributed by atoms with Crippen LogP contribution in [0.15, 0.2) is 24.3 Å². The topological polar surface area (TPSA) is 67.8 Å². The number of carbonyl (C=O) groups excluding carboxylic acids is 1. The lowest BCUT2D eigenvalue weighted by molar-refractivity contribution is -0.128. The first kappa shape index (κ1) is 16.2. The largest absolute Gasteiger partial charge is 0.497 e. The maximum Gasteiger partial charge on any atom is 0.265 e. The van der Waals surface area contributed by atoms with Crippen molar-refractivity contribution in [2.75, 3.05) is 13.7 Å². The summed E-state index contributed by atoms with van der Waals surface area (Å²) >= 11 is 0. The second-order valence-corrected chi connectivity index (χ2v) is 4.08. The number of nitrogens with one attached hydrogen (secondary N) is 1. The zero-order valence-electron chi connectivity index (χ0n) is 11.2. The number of ether oxygens (including phenoxy) is 2. The summed E-state index contributed by atoms with van der Waals surface area (Å²) in [6.45, 7) is 0.959. The van der Waals surface area contributed by atoms with E-state index < -0.39 is 31.1 Å². The minimum atomic E-state index is -2.90. The minimum absolute atomic E-state index is 0.447. The zero-order valence-corrected chi connectivity index (χ0v) is 11.2. The summed E-state index contributed by atoms with van der Waals surface area (Å²) in [6.07, 6.45) is -5.64. The molecule has 0 spiro atoms. The van der Waals surface area contributed by atoms with E-state index in [1.165, 1.54) is 14.0 Å². The molecule has 2 atom stereocenters. The molecule has 1 amide bonds. The highest BCUT2D eigenvalue weighted by Gasteiger charge is 2.20. The van der Waals surface area contributed by atoms with E-state index in [4.69, 9.17) is 14.6 Å². The quantitative estimate of drug-likeness (QED) is 0.791. The van der Waals surface area contributed by atoms with Crippen molar-refractivity contribution in [1.29, 1.82) is 0 Å². The third kappa shape index (κ3) is 5.00. The molecule has 112 valence electrons. The van der Waals surface area contributed by atoms with E-state index in [2.05, 4.69) is 5.32 Å². The van der Waals surface area contributed by atoms with Gasteiger partial charge in [0.1, 0.15) is 17.6 Å². The number of aliphatic hydroxyl groups excluding tert-OH is 1.